The topological polar surface area (TPSA) is 92.8 Å². The van der Waals surface area contributed by atoms with Crippen LogP contribution in [0.2, 0.25) is 0 Å². The van der Waals surface area contributed by atoms with Crippen molar-refractivity contribution in [3.63, 3.8) is 0 Å². The summed E-state index contributed by atoms with van der Waals surface area (Å²) in [5, 5.41) is 2.68. The van der Waals surface area contributed by atoms with Crippen molar-refractivity contribution in [3.8, 4) is 0 Å². The number of amides is 3. The molecule has 2 aromatic carbocycles. The number of esters is 1. The van der Waals surface area contributed by atoms with Gasteiger partial charge in [0.1, 0.15) is 0 Å². The van der Waals surface area contributed by atoms with Crippen LogP contribution in [0.4, 0.5) is 11.4 Å². The quantitative estimate of drug-likeness (QED) is 0.433. The monoisotopic (exact) mass is 444 g/mol. The Morgan fingerprint density at radius 2 is 1.76 bits per heavy atom. The number of anilines is 2. The molecule has 2 fully saturated rings. The Balaban J connectivity index is 1.21. The van der Waals surface area contributed by atoms with E-state index < -0.39 is 18.5 Å². The molecular formula is C26H24N2O5. The molecule has 4 atom stereocenters. The lowest BCUT2D eigenvalue weighted by Crippen LogP contribution is -2.33. The smallest absolute Gasteiger partial charge is 0.338 e. The van der Waals surface area contributed by atoms with E-state index in [0.717, 1.165) is 12.0 Å². The minimum Gasteiger partial charge on any atom is -0.452 e. The summed E-state index contributed by atoms with van der Waals surface area (Å²) < 4.78 is 5.10. The summed E-state index contributed by atoms with van der Waals surface area (Å²) in [7, 11) is 0. The van der Waals surface area contributed by atoms with Crippen molar-refractivity contribution in [2.45, 2.75) is 20.3 Å². The van der Waals surface area contributed by atoms with Crippen molar-refractivity contribution in [1.29, 1.82) is 0 Å². The van der Waals surface area contributed by atoms with Crippen LogP contribution in [0.25, 0.3) is 0 Å². The molecule has 1 heterocycles. The zero-order valence-electron chi connectivity index (χ0n) is 18.4. The Kier molecular flexibility index (Phi) is 5.12. The number of nitrogens with zero attached hydrogens (tertiary/aromatic N) is 1. The maximum Gasteiger partial charge on any atom is 0.338 e. The molecule has 0 aromatic heterocycles. The molecule has 33 heavy (non-hydrogen) atoms. The summed E-state index contributed by atoms with van der Waals surface area (Å²) in [5.41, 5.74) is 3.52. The van der Waals surface area contributed by atoms with Gasteiger partial charge in [-0.15, -0.1) is 0 Å². The number of carbonyl (C=O) groups excluding carboxylic acids is 4. The molecule has 1 saturated heterocycles. The number of hydrogen-bond donors (Lipinski definition) is 1. The fraction of sp³-hybridized carbons (Fsp3) is 0.308. The highest BCUT2D eigenvalue weighted by molar-refractivity contribution is 6.23. The molecule has 2 bridgehead atoms. The number of fused-ring (bicyclic) bond motifs is 5. The molecule has 7 heteroatoms. The zero-order chi connectivity index (χ0) is 23.3. The van der Waals surface area contributed by atoms with E-state index in [1.54, 1.807) is 18.2 Å². The molecule has 3 aliphatic rings. The molecule has 2 aliphatic carbocycles. The highest BCUT2D eigenvalue weighted by atomic mass is 16.5. The first-order chi connectivity index (χ1) is 15.8. The second-order valence-corrected chi connectivity index (χ2v) is 9.02. The Bertz CT molecular complexity index is 1200. The van der Waals surface area contributed by atoms with E-state index in [1.807, 2.05) is 32.0 Å². The normalized spacial score (nSPS) is 25.2. The summed E-state index contributed by atoms with van der Waals surface area (Å²) in [5.74, 6) is -1.67. The first-order valence-corrected chi connectivity index (χ1v) is 11.0. The molecular weight excluding hydrogens is 420 g/mol. The standard InChI is InChI=1S/C26H24N2O5/c1-14-4-3-5-18(10-14)27-21(29)13-33-26(32)16-6-8-19(9-7-16)28-24(30)22-17-11-15(2)20(12-17)23(22)25(28)31/h3-11,17,20,22-23H,12-13H2,1-2H3,(H,27,29)/t17-,20+,22-,23+/m0/s1. The largest absolute Gasteiger partial charge is 0.452 e. The van der Waals surface area contributed by atoms with Gasteiger partial charge < -0.3 is 10.1 Å². The van der Waals surface area contributed by atoms with Crippen LogP contribution in [-0.4, -0.2) is 30.3 Å². The fourth-order valence-electron chi connectivity index (χ4n) is 5.41. The lowest BCUT2D eigenvalue weighted by Gasteiger charge is -2.19. The summed E-state index contributed by atoms with van der Waals surface area (Å²) in [6, 6.07) is 13.5. The average molecular weight is 444 g/mol. The van der Waals surface area contributed by atoms with Gasteiger partial charge in [0, 0.05) is 5.69 Å². The van der Waals surface area contributed by atoms with Crippen LogP contribution in [0, 0.1) is 30.6 Å². The third-order valence-electron chi connectivity index (χ3n) is 6.88. The van der Waals surface area contributed by atoms with Gasteiger partial charge in [0.15, 0.2) is 6.61 Å². The third-order valence-corrected chi connectivity index (χ3v) is 6.88. The maximum atomic E-state index is 13.0. The Labute approximate surface area is 191 Å². The van der Waals surface area contributed by atoms with E-state index in [2.05, 4.69) is 11.4 Å². The summed E-state index contributed by atoms with van der Waals surface area (Å²) in [6.07, 6.45) is 3.02. The predicted molar refractivity (Wildman–Crippen MR) is 121 cm³/mol. The first kappa shape index (κ1) is 21.1. The van der Waals surface area contributed by atoms with Gasteiger partial charge >= 0.3 is 5.97 Å². The SMILES string of the molecule is CC1=C[C@H]2C[C@H]1[C@H]1C(=O)N(c3ccc(C(=O)OCC(=O)Nc4cccc(C)c4)cc3)C(=O)[C@H]12. The summed E-state index contributed by atoms with van der Waals surface area (Å²) >= 11 is 0. The number of hydrogen-bond acceptors (Lipinski definition) is 5. The number of benzene rings is 2. The van der Waals surface area contributed by atoms with E-state index in [4.69, 9.17) is 4.74 Å². The Hall–Kier alpha value is -3.74. The maximum absolute atomic E-state index is 13.0. The number of allylic oxidation sites excluding steroid dienone is 2. The highest BCUT2D eigenvalue weighted by Gasteiger charge is 2.60. The number of imide groups is 1. The average Bonchev–Trinajstić information content (AvgIpc) is 3.42. The third kappa shape index (κ3) is 3.63. The van der Waals surface area contributed by atoms with Crippen LogP contribution < -0.4 is 10.2 Å². The molecule has 7 nitrogen and oxygen atoms in total. The van der Waals surface area contributed by atoms with Crippen molar-refractivity contribution >= 4 is 35.1 Å². The fourth-order valence-corrected chi connectivity index (χ4v) is 5.41. The molecule has 1 N–H and O–H groups in total. The zero-order valence-corrected chi connectivity index (χ0v) is 18.4. The minimum atomic E-state index is -0.658. The number of carbonyl (C=O) groups is 4. The van der Waals surface area contributed by atoms with E-state index in [1.165, 1.54) is 22.6 Å². The van der Waals surface area contributed by atoms with Crippen molar-refractivity contribution < 1.29 is 23.9 Å². The molecule has 2 aromatic rings. The van der Waals surface area contributed by atoms with Crippen molar-refractivity contribution in [1.82, 2.24) is 0 Å². The molecule has 1 aliphatic heterocycles. The van der Waals surface area contributed by atoms with Gasteiger partial charge in [0.25, 0.3) is 5.91 Å². The van der Waals surface area contributed by atoms with Gasteiger partial charge in [-0.2, -0.15) is 0 Å². The summed E-state index contributed by atoms with van der Waals surface area (Å²) in [6.45, 7) is 3.52. The van der Waals surface area contributed by atoms with Gasteiger partial charge in [-0.25, -0.2) is 4.79 Å². The first-order valence-electron chi connectivity index (χ1n) is 11.0. The van der Waals surface area contributed by atoms with Crippen LogP contribution >= 0.6 is 0 Å². The molecule has 168 valence electrons. The van der Waals surface area contributed by atoms with E-state index in [0.29, 0.717) is 11.4 Å². The van der Waals surface area contributed by atoms with E-state index in [9.17, 15) is 19.2 Å². The van der Waals surface area contributed by atoms with Crippen LogP contribution in [0.15, 0.2) is 60.2 Å². The molecule has 0 spiro atoms. The van der Waals surface area contributed by atoms with Crippen LogP contribution in [0.3, 0.4) is 0 Å². The van der Waals surface area contributed by atoms with Gasteiger partial charge in [-0.1, -0.05) is 23.8 Å². The second-order valence-electron chi connectivity index (χ2n) is 9.02. The van der Waals surface area contributed by atoms with Gasteiger partial charge in [-0.3, -0.25) is 19.3 Å². The van der Waals surface area contributed by atoms with Crippen LogP contribution in [0.1, 0.15) is 29.3 Å². The molecule has 3 amide bonds. The minimum absolute atomic E-state index is 0.140. The lowest BCUT2D eigenvalue weighted by atomic mass is 9.82. The number of rotatable bonds is 5. The van der Waals surface area contributed by atoms with Crippen LogP contribution in [0.5, 0.6) is 0 Å². The number of nitrogens with one attached hydrogen (secondary N) is 1. The predicted octanol–water partition coefficient (Wildman–Crippen LogP) is 3.49. The van der Waals surface area contributed by atoms with Crippen molar-refractivity contribution in [3.05, 3.63) is 71.3 Å². The molecule has 0 radical (unpaired) electrons. The van der Waals surface area contributed by atoms with Crippen molar-refractivity contribution in [2.24, 2.45) is 23.7 Å². The summed E-state index contributed by atoms with van der Waals surface area (Å²) in [4.78, 5) is 51.7. The van der Waals surface area contributed by atoms with Crippen molar-refractivity contribution in [2.75, 3.05) is 16.8 Å². The highest BCUT2D eigenvalue weighted by Crippen LogP contribution is 2.55. The number of ether oxygens (including phenoxy) is 1. The Morgan fingerprint density at radius 3 is 2.48 bits per heavy atom. The lowest BCUT2D eigenvalue weighted by molar-refractivity contribution is -0.123. The molecule has 5 rings (SSSR count). The van der Waals surface area contributed by atoms with Gasteiger partial charge in [0.2, 0.25) is 11.8 Å². The molecule has 1 saturated carbocycles. The van der Waals surface area contributed by atoms with E-state index in [-0.39, 0.29) is 41.0 Å². The second kappa shape index (κ2) is 7.99. The van der Waals surface area contributed by atoms with Crippen LogP contribution in [-0.2, 0) is 19.1 Å². The Morgan fingerprint density at radius 1 is 1.03 bits per heavy atom. The van der Waals surface area contributed by atoms with Gasteiger partial charge in [0.05, 0.1) is 23.1 Å². The number of aryl methyl sites for hydroxylation is 1. The molecule has 0 unspecified atom stereocenters. The van der Waals surface area contributed by atoms with E-state index >= 15 is 0 Å². The van der Waals surface area contributed by atoms with Gasteiger partial charge in [-0.05, 0) is 74.1 Å².